The molecule has 4 nitrogen and oxygen atoms in total. The summed E-state index contributed by atoms with van der Waals surface area (Å²) >= 11 is 2.01. The van der Waals surface area contributed by atoms with Gasteiger partial charge in [-0.2, -0.15) is 11.8 Å². The Morgan fingerprint density at radius 1 is 1.10 bits per heavy atom. The zero-order chi connectivity index (χ0) is 15.1. The van der Waals surface area contributed by atoms with Crippen LogP contribution in [0, 0.1) is 0 Å². The van der Waals surface area contributed by atoms with Gasteiger partial charge in [0, 0.05) is 36.3 Å². The van der Waals surface area contributed by atoms with Gasteiger partial charge in [-0.15, -0.1) is 0 Å². The first kappa shape index (κ1) is 15.2. The van der Waals surface area contributed by atoms with Crippen LogP contribution in [0.25, 0.3) is 0 Å². The summed E-state index contributed by atoms with van der Waals surface area (Å²) in [5, 5.41) is 0. The van der Waals surface area contributed by atoms with Crippen LogP contribution in [0.5, 0.6) is 0 Å². The monoisotopic (exact) mass is 306 g/mol. The first-order chi connectivity index (χ1) is 9.89. The second-order valence-electron chi connectivity index (χ2n) is 6.64. The molecule has 0 radical (unpaired) electrons. The summed E-state index contributed by atoms with van der Waals surface area (Å²) in [5.41, 5.74) is 0.379. The van der Waals surface area contributed by atoms with Gasteiger partial charge in [-0.3, -0.25) is 0 Å². The third kappa shape index (κ3) is 2.94. The Hall–Kier alpha value is -0.715. The smallest absolute Gasteiger partial charge is 0.399 e. The van der Waals surface area contributed by atoms with E-state index in [9.17, 15) is 0 Å². The Balaban J connectivity index is 1.73. The van der Waals surface area contributed by atoms with Gasteiger partial charge in [0.2, 0.25) is 0 Å². The van der Waals surface area contributed by atoms with Gasteiger partial charge >= 0.3 is 7.12 Å². The molecule has 6 heteroatoms. The van der Waals surface area contributed by atoms with Crippen molar-refractivity contribution in [3.8, 4) is 0 Å². The second-order valence-corrected chi connectivity index (χ2v) is 7.86. The van der Waals surface area contributed by atoms with Crippen molar-refractivity contribution in [1.29, 1.82) is 0 Å². The quantitative estimate of drug-likeness (QED) is 0.780. The van der Waals surface area contributed by atoms with E-state index in [0.717, 1.165) is 24.4 Å². The van der Waals surface area contributed by atoms with Crippen LogP contribution in [0.15, 0.2) is 18.3 Å². The molecule has 0 aliphatic carbocycles. The van der Waals surface area contributed by atoms with E-state index in [4.69, 9.17) is 9.31 Å². The Kier molecular flexibility index (Phi) is 3.97. The minimum atomic E-state index is -0.325. The Morgan fingerprint density at radius 3 is 2.24 bits per heavy atom. The van der Waals surface area contributed by atoms with Crippen LogP contribution >= 0.6 is 11.8 Å². The first-order valence-electron chi connectivity index (χ1n) is 7.53. The summed E-state index contributed by atoms with van der Waals surface area (Å²) in [6, 6.07) is 4.16. The predicted octanol–water partition coefficient (Wildman–Crippen LogP) is 1.93. The van der Waals surface area contributed by atoms with Crippen molar-refractivity contribution in [3.05, 3.63) is 18.3 Å². The minimum absolute atomic E-state index is 0.305. The van der Waals surface area contributed by atoms with Crippen LogP contribution in [0.1, 0.15) is 27.7 Å². The molecule has 2 fully saturated rings. The average Bonchev–Trinajstić information content (AvgIpc) is 2.69. The van der Waals surface area contributed by atoms with Crippen LogP contribution in [0.2, 0.25) is 0 Å². The molecule has 0 aromatic carbocycles. The number of hydrogen-bond acceptors (Lipinski definition) is 5. The molecule has 2 saturated heterocycles. The fraction of sp³-hybridized carbons (Fsp3) is 0.667. The lowest BCUT2D eigenvalue weighted by Crippen LogP contribution is -2.41. The highest BCUT2D eigenvalue weighted by Crippen LogP contribution is 2.36. The highest BCUT2D eigenvalue weighted by molar-refractivity contribution is 7.99. The van der Waals surface area contributed by atoms with Crippen LogP contribution in [0.4, 0.5) is 5.82 Å². The fourth-order valence-corrected chi connectivity index (χ4v) is 3.40. The molecule has 0 unspecified atom stereocenters. The summed E-state index contributed by atoms with van der Waals surface area (Å²) < 4.78 is 12.1. The van der Waals surface area contributed by atoms with E-state index in [-0.39, 0.29) is 18.3 Å². The van der Waals surface area contributed by atoms with Gasteiger partial charge in [-0.25, -0.2) is 4.98 Å². The summed E-state index contributed by atoms with van der Waals surface area (Å²) in [6.45, 7) is 10.4. The third-order valence-electron chi connectivity index (χ3n) is 4.63. The van der Waals surface area contributed by atoms with Crippen molar-refractivity contribution in [2.75, 3.05) is 29.5 Å². The summed E-state index contributed by atoms with van der Waals surface area (Å²) in [4.78, 5) is 6.94. The maximum Gasteiger partial charge on any atom is 0.496 e. The van der Waals surface area contributed by atoms with Gasteiger partial charge in [0.1, 0.15) is 5.82 Å². The zero-order valence-electron chi connectivity index (χ0n) is 13.3. The van der Waals surface area contributed by atoms with Crippen LogP contribution < -0.4 is 10.4 Å². The number of pyridine rings is 1. The molecule has 2 aliphatic heterocycles. The van der Waals surface area contributed by atoms with Gasteiger partial charge < -0.3 is 14.2 Å². The Labute approximate surface area is 131 Å². The van der Waals surface area contributed by atoms with Crippen molar-refractivity contribution in [3.63, 3.8) is 0 Å². The number of aromatic nitrogens is 1. The molecule has 0 spiro atoms. The molecule has 3 heterocycles. The van der Waals surface area contributed by atoms with E-state index in [1.54, 1.807) is 0 Å². The highest BCUT2D eigenvalue weighted by atomic mass is 32.2. The lowest BCUT2D eigenvalue weighted by atomic mass is 9.80. The molecule has 0 bridgehead atoms. The van der Waals surface area contributed by atoms with Crippen LogP contribution in [0.3, 0.4) is 0 Å². The molecule has 0 saturated carbocycles. The molecule has 0 amide bonds. The average molecular weight is 306 g/mol. The lowest BCUT2D eigenvalue weighted by Gasteiger charge is -2.32. The number of hydrogen-bond donors (Lipinski definition) is 0. The van der Waals surface area contributed by atoms with Crippen molar-refractivity contribution in [2.45, 2.75) is 38.9 Å². The summed E-state index contributed by atoms with van der Waals surface area (Å²) in [7, 11) is -0.325. The maximum atomic E-state index is 6.06. The largest absolute Gasteiger partial charge is 0.496 e. The molecular weight excluding hydrogens is 283 g/mol. The van der Waals surface area contributed by atoms with E-state index >= 15 is 0 Å². The van der Waals surface area contributed by atoms with Crippen LogP contribution in [-0.2, 0) is 9.31 Å². The highest BCUT2D eigenvalue weighted by Gasteiger charge is 2.51. The summed E-state index contributed by atoms with van der Waals surface area (Å²) in [5.74, 6) is 3.41. The zero-order valence-corrected chi connectivity index (χ0v) is 14.1. The normalized spacial score (nSPS) is 24.4. The molecular formula is C15H23BN2O2S. The molecule has 21 heavy (non-hydrogen) atoms. The number of rotatable bonds is 2. The van der Waals surface area contributed by atoms with Gasteiger partial charge in [-0.05, 0) is 33.8 Å². The van der Waals surface area contributed by atoms with E-state index in [2.05, 4.69) is 49.7 Å². The van der Waals surface area contributed by atoms with Crippen molar-refractivity contribution in [1.82, 2.24) is 4.98 Å². The Bertz CT molecular complexity index is 485. The molecule has 1 aromatic rings. The topological polar surface area (TPSA) is 34.6 Å². The van der Waals surface area contributed by atoms with E-state index in [1.165, 1.54) is 11.5 Å². The van der Waals surface area contributed by atoms with Crippen molar-refractivity contribution >= 4 is 30.2 Å². The van der Waals surface area contributed by atoms with E-state index in [1.807, 2.05) is 18.0 Å². The van der Waals surface area contributed by atoms with Gasteiger partial charge in [0.25, 0.3) is 0 Å². The molecule has 0 atom stereocenters. The second kappa shape index (κ2) is 5.49. The summed E-state index contributed by atoms with van der Waals surface area (Å²) in [6.07, 6.45) is 1.89. The number of thioether (sulfide) groups is 1. The molecule has 1 aromatic heterocycles. The molecule has 114 valence electrons. The standard InChI is InChI=1S/C15H23BN2O2S/c1-14(2)15(3,4)20-16(19-14)12-5-6-13(17-11-12)18-7-9-21-10-8-18/h5-6,11H,7-10H2,1-4H3. The molecule has 2 aliphatic rings. The molecule has 0 N–H and O–H groups in total. The fourth-order valence-electron chi connectivity index (χ4n) is 2.50. The molecule has 3 rings (SSSR count). The predicted molar refractivity (Wildman–Crippen MR) is 89.5 cm³/mol. The maximum absolute atomic E-state index is 6.06. The first-order valence-corrected chi connectivity index (χ1v) is 8.69. The number of anilines is 1. The Morgan fingerprint density at radius 2 is 1.71 bits per heavy atom. The minimum Gasteiger partial charge on any atom is -0.399 e. The van der Waals surface area contributed by atoms with Gasteiger partial charge in [0.05, 0.1) is 11.2 Å². The van der Waals surface area contributed by atoms with Crippen molar-refractivity contribution in [2.24, 2.45) is 0 Å². The van der Waals surface area contributed by atoms with E-state index < -0.39 is 0 Å². The number of nitrogens with zero attached hydrogens (tertiary/aromatic N) is 2. The third-order valence-corrected chi connectivity index (χ3v) is 5.57. The van der Waals surface area contributed by atoms with Crippen LogP contribution in [-0.4, -0.2) is 47.9 Å². The van der Waals surface area contributed by atoms with E-state index in [0.29, 0.717) is 0 Å². The van der Waals surface area contributed by atoms with Crippen molar-refractivity contribution < 1.29 is 9.31 Å². The SMILES string of the molecule is CC1(C)OB(c2ccc(N3CCSCC3)nc2)OC1(C)C. The van der Waals surface area contributed by atoms with Gasteiger partial charge in [0.15, 0.2) is 0 Å². The van der Waals surface area contributed by atoms with Gasteiger partial charge in [-0.1, -0.05) is 6.07 Å². The lowest BCUT2D eigenvalue weighted by molar-refractivity contribution is 0.00578.